The minimum Gasteiger partial charge on any atom is -0.481 e. The SMILES string of the molecule is CC/C=C\CC(F)C/C=C1/C(=O)C=CC1C/C=C\CCCC(=O)O. The molecule has 0 aromatic rings. The number of carboxylic acids is 1. The first kappa shape index (κ1) is 20.1. The maximum Gasteiger partial charge on any atom is 0.303 e. The molecular formula is C20H27FO3. The van der Waals surface area contributed by atoms with E-state index in [2.05, 4.69) is 0 Å². The van der Waals surface area contributed by atoms with E-state index in [0.29, 0.717) is 31.3 Å². The highest BCUT2D eigenvalue weighted by Gasteiger charge is 2.21. The van der Waals surface area contributed by atoms with Crippen LogP contribution in [0.2, 0.25) is 0 Å². The number of rotatable bonds is 11. The Morgan fingerprint density at radius 3 is 2.79 bits per heavy atom. The first-order chi connectivity index (χ1) is 11.5. The van der Waals surface area contributed by atoms with Gasteiger partial charge in [0, 0.05) is 17.9 Å². The fourth-order valence-corrected chi connectivity index (χ4v) is 2.54. The molecule has 3 nitrogen and oxygen atoms in total. The summed E-state index contributed by atoms with van der Waals surface area (Å²) >= 11 is 0. The van der Waals surface area contributed by atoms with Gasteiger partial charge >= 0.3 is 5.97 Å². The topological polar surface area (TPSA) is 54.4 Å². The number of aliphatic carboxylic acids is 1. The lowest BCUT2D eigenvalue weighted by Gasteiger charge is -2.09. The fraction of sp³-hybridized carbons (Fsp3) is 0.500. The van der Waals surface area contributed by atoms with E-state index in [1.807, 2.05) is 37.3 Å². The molecule has 1 N–H and O–H groups in total. The van der Waals surface area contributed by atoms with Crippen molar-refractivity contribution in [3.05, 3.63) is 48.1 Å². The lowest BCUT2D eigenvalue weighted by atomic mass is 9.96. The van der Waals surface area contributed by atoms with E-state index < -0.39 is 12.1 Å². The van der Waals surface area contributed by atoms with E-state index in [0.717, 1.165) is 6.42 Å². The van der Waals surface area contributed by atoms with Crippen LogP contribution in [0.4, 0.5) is 4.39 Å². The van der Waals surface area contributed by atoms with Gasteiger partial charge in [0.2, 0.25) is 0 Å². The van der Waals surface area contributed by atoms with E-state index in [-0.39, 0.29) is 24.5 Å². The van der Waals surface area contributed by atoms with Gasteiger partial charge < -0.3 is 5.11 Å². The van der Waals surface area contributed by atoms with Crippen molar-refractivity contribution in [2.75, 3.05) is 0 Å². The number of carboxylic acid groups (broad SMARTS) is 1. The summed E-state index contributed by atoms with van der Waals surface area (Å²) in [6.45, 7) is 2.01. The van der Waals surface area contributed by atoms with Crippen molar-refractivity contribution in [3.63, 3.8) is 0 Å². The molecule has 24 heavy (non-hydrogen) atoms. The third kappa shape index (κ3) is 8.04. The number of allylic oxidation sites excluding steroid dienone is 8. The maximum absolute atomic E-state index is 13.8. The molecule has 0 aliphatic heterocycles. The summed E-state index contributed by atoms with van der Waals surface area (Å²) in [5, 5.41) is 8.57. The normalized spacial score (nSPS) is 20.7. The summed E-state index contributed by atoms with van der Waals surface area (Å²) in [5.41, 5.74) is 0.673. The Morgan fingerprint density at radius 2 is 2.08 bits per heavy atom. The van der Waals surface area contributed by atoms with Crippen molar-refractivity contribution in [2.24, 2.45) is 5.92 Å². The minimum atomic E-state index is -0.957. The van der Waals surface area contributed by atoms with Gasteiger partial charge in [-0.2, -0.15) is 0 Å². The quantitative estimate of drug-likeness (QED) is 0.330. The van der Waals surface area contributed by atoms with Crippen molar-refractivity contribution < 1.29 is 19.1 Å². The lowest BCUT2D eigenvalue weighted by molar-refractivity contribution is -0.137. The first-order valence-electron chi connectivity index (χ1n) is 8.63. The van der Waals surface area contributed by atoms with E-state index in [9.17, 15) is 14.0 Å². The fourth-order valence-electron chi connectivity index (χ4n) is 2.54. The number of carbonyl (C=O) groups excluding carboxylic acids is 1. The number of carbonyl (C=O) groups is 2. The highest BCUT2D eigenvalue weighted by Crippen LogP contribution is 2.26. The number of unbranched alkanes of at least 4 members (excludes halogenated alkanes) is 1. The van der Waals surface area contributed by atoms with Crippen LogP contribution >= 0.6 is 0 Å². The van der Waals surface area contributed by atoms with E-state index in [1.165, 1.54) is 0 Å². The van der Waals surface area contributed by atoms with Gasteiger partial charge in [0.15, 0.2) is 5.78 Å². The molecule has 1 aliphatic rings. The predicted octanol–water partition coefficient (Wildman–Crippen LogP) is 4.95. The van der Waals surface area contributed by atoms with Gasteiger partial charge in [-0.1, -0.05) is 43.4 Å². The second kappa shape index (κ2) is 11.5. The Kier molecular flexibility index (Phi) is 9.66. The average Bonchev–Trinajstić information content (AvgIpc) is 2.89. The second-order valence-corrected chi connectivity index (χ2v) is 5.93. The maximum atomic E-state index is 13.8. The molecular weight excluding hydrogens is 307 g/mol. The van der Waals surface area contributed by atoms with Crippen molar-refractivity contribution >= 4 is 11.8 Å². The summed E-state index contributed by atoms with van der Waals surface area (Å²) < 4.78 is 13.8. The zero-order valence-electron chi connectivity index (χ0n) is 14.3. The Balaban J connectivity index is 2.43. The van der Waals surface area contributed by atoms with Crippen molar-refractivity contribution in [2.45, 2.75) is 58.0 Å². The third-order valence-corrected chi connectivity index (χ3v) is 3.87. The molecule has 4 heteroatoms. The molecule has 0 fully saturated rings. The van der Waals surface area contributed by atoms with Gasteiger partial charge in [-0.15, -0.1) is 0 Å². The van der Waals surface area contributed by atoms with E-state index in [4.69, 9.17) is 5.11 Å². The number of ketones is 1. The molecule has 0 heterocycles. The zero-order chi connectivity index (χ0) is 17.8. The van der Waals surface area contributed by atoms with Gasteiger partial charge in [0.05, 0.1) is 0 Å². The lowest BCUT2D eigenvalue weighted by Crippen LogP contribution is -2.04. The zero-order valence-corrected chi connectivity index (χ0v) is 14.3. The van der Waals surface area contributed by atoms with Gasteiger partial charge in [0.25, 0.3) is 0 Å². The molecule has 0 spiro atoms. The molecule has 2 unspecified atom stereocenters. The number of alkyl halides is 1. The molecule has 1 aliphatic carbocycles. The molecule has 0 saturated carbocycles. The summed E-state index contributed by atoms with van der Waals surface area (Å²) in [5.74, 6) is -0.810. The predicted molar refractivity (Wildman–Crippen MR) is 94.5 cm³/mol. The Bertz CT molecular complexity index is 529. The van der Waals surface area contributed by atoms with Crippen LogP contribution in [0.1, 0.15) is 51.9 Å². The Labute approximate surface area is 143 Å². The van der Waals surface area contributed by atoms with Gasteiger partial charge in [-0.05, 0) is 44.6 Å². The average molecular weight is 334 g/mol. The molecule has 0 radical (unpaired) electrons. The van der Waals surface area contributed by atoms with Gasteiger partial charge in [0.1, 0.15) is 6.17 Å². The number of halogens is 1. The van der Waals surface area contributed by atoms with Crippen LogP contribution in [-0.4, -0.2) is 23.0 Å². The molecule has 0 aromatic heterocycles. The van der Waals surface area contributed by atoms with Gasteiger partial charge in [-0.3, -0.25) is 9.59 Å². The molecule has 1 rings (SSSR count). The highest BCUT2D eigenvalue weighted by molar-refractivity contribution is 6.07. The molecule has 0 amide bonds. The van der Waals surface area contributed by atoms with E-state index in [1.54, 1.807) is 12.2 Å². The minimum absolute atomic E-state index is 0.00612. The number of hydrogen-bond acceptors (Lipinski definition) is 2. The summed E-state index contributed by atoms with van der Waals surface area (Å²) in [4.78, 5) is 22.3. The highest BCUT2D eigenvalue weighted by atomic mass is 19.1. The second-order valence-electron chi connectivity index (χ2n) is 5.93. The van der Waals surface area contributed by atoms with Crippen molar-refractivity contribution in [1.82, 2.24) is 0 Å². The van der Waals surface area contributed by atoms with Gasteiger partial charge in [-0.25, -0.2) is 4.39 Å². The largest absolute Gasteiger partial charge is 0.481 e. The van der Waals surface area contributed by atoms with Crippen LogP contribution in [0.3, 0.4) is 0 Å². The standard InChI is InChI=1S/C20H27FO3/c1-2-3-6-10-17(21)13-14-18-16(12-15-19(18)22)9-7-4-5-8-11-20(23)24/h3-4,6-7,12,14-17H,2,5,8-11,13H2,1H3,(H,23,24)/b6-3-,7-4-,18-14+. The first-order valence-corrected chi connectivity index (χ1v) is 8.63. The summed E-state index contributed by atoms with van der Waals surface area (Å²) in [7, 11) is 0. The van der Waals surface area contributed by atoms with Crippen LogP contribution in [0, 0.1) is 5.92 Å². The van der Waals surface area contributed by atoms with Crippen LogP contribution in [-0.2, 0) is 9.59 Å². The van der Waals surface area contributed by atoms with Crippen LogP contribution in [0.15, 0.2) is 48.1 Å². The molecule has 2 atom stereocenters. The molecule has 0 bridgehead atoms. The number of hydrogen-bond donors (Lipinski definition) is 1. The Morgan fingerprint density at radius 1 is 1.29 bits per heavy atom. The van der Waals surface area contributed by atoms with Crippen LogP contribution < -0.4 is 0 Å². The summed E-state index contributed by atoms with van der Waals surface area (Å²) in [6, 6.07) is 0. The van der Waals surface area contributed by atoms with Crippen LogP contribution in [0.5, 0.6) is 0 Å². The van der Waals surface area contributed by atoms with E-state index >= 15 is 0 Å². The smallest absolute Gasteiger partial charge is 0.303 e. The monoisotopic (exact) mass is 334 g/mol. The Hall–Kier alpha value is -1.97. The third-order valence-electron chi connectivity index (χ3n) is 3.87. The summed E-state index contributed by atoms with van der Waals surface area (Å²) in [6.07, 6.45) is 15.6. The van der Waals surface area contributed by atoms with Crippen molar-refractivity contribution in [3.8, 4) is 0 Å². The molecule has 132 valence electrons. The van der Waals surface area contributed by atoms with Crippen LogP contribution in [0.25, 0.3) is 0 Å². The van der Waals surface area contributed by atoms with Crippen molar-refractivity contribution in [1.29, 1.82) is 0 Å². The molecule has 0 saturated heterocycles. The molecule has 0 aromatic carbocycles.